The van der Waals surface area contributed by atoms with Gasteiger partial charge in [0.15, 0.2) is 0 Å². The van der Waals surface area contributed by atoms with Crippen LogP contribution in [0.2, 0.25) is 0 Å². The molecule has 0 fully saturated rings. The van der Waals surface area contributed by atoms with Crippen molar-refractivity contribution in [1.29, 1.82) is 0 Å². The lowest BCUT2D eigenvalue weighted by Gasteiger charge is -2.37. The first-order valence-corrected chi connectivity index (χ1v) is 6.90. The van der Waals surface area contributed by atoms with Gasteiger partial charge in [-0.05, 0) is 30.4 Å². The van der Waals surface area contributed by atoms with Crippen LogP contribution < -0.4 is 0 Å². The fourth-order valence-corrected chi connectivity index (χ4v) is 3.71. The van der Waals surface area contributed by atoms with Gasteiger partial charge in [0.25, 0.3) is 0 Å². The van der Waals surface area contributed by atoms with Crippen LogP contribution in [0, 0.1) is 5.41 Å². The molecule has 3 heteroatoms. The molecule has 1 aromatic carbocycles. The number of fused-ring (bicyclic) bond motifs is 3. The van der Waals surface area contributed by atoms with E-state index in [9.17, 15) is 10.2 Å². The Bertz CT molecular complexity index is 610. The van der Waals surface area contributed by atoms with Gasteiger partial charge >= 0.3 is 0 Å². The molecule has 0 aliphatic heterocycles. The number of benzene rings is 1. The van der Waals surface area contributed by atoms with Gasteiger partial charge in [-0.2, -0.15) is 0 Å². The fourth-order valence-electron chi connectivity index (χ4n) is 3.71. The van der Waals surface area contributed by atoms with Crippen LogP contribution in [0.4, 0.5) is 0 Å². The Kier molecular flexibility index (Phi) is 2.91. The summed E-state index contributed by atoms with van der Waals surface area (Å²) in [6, 6.07) is 8.45. The zero-order chi connectivity index (χ0) is 13.6. The first-order valence-electron chi connectivity index (χ1n) is 6.90. The number of hydrogen-bond donors (Lipinski definition) is 2. The van der Waals surface area contributed by atoms with Crippen LogP contribution in [-0.4, -0.2) is 28.0 Å². The molecule has 0 radical (unpaired) electrons. The third-order valence-electron chi connectivity index (χ3n) is 4.72. The van der Waals surface area contributed by atoms with Crippen LogP contribution >= 0.6 is 0 Å². The largest absolute Gasteiger partial charge is 0.396 e. The van der Waals surface area contributed by atoms with Gasteiger partial charge in [-0.25, -0.2) is 0 Å². The minimum absolute atomic E-state index is 0.0504. The Labute approximate surface area is 113 Å². The summed E-state index contributed by atoms with van der Waals surface area (Å²) in [5.41, 5.74) is 3.54. The van der Waals surface area contributed by atoms with Gasteiger partial charge < -0.3 is 14.8 Å². The summed E-state index contributed by atoms with van der Waals surface area (Å²) >= 11 is 0. The molecule has 1 heterocycles. The molecule has 0 saturated carbocycles. The smallest absolute Gasteiger partial charge is 0.0513 e. The maximum Gasteiger partial charge on any atom is 0.0513 e. The van der Waals surface area contributed by atoms with E-state index >= 15 is 0 Å². The minimum atomic E-state index is -0.367. The maximum absolute atomic E-state index is 9.68. The van der Waals surface area contributed by atoms with Gasteiger partial charge in [-0.15, -0.1) is 0 Å². The molecule has 1 aliphatic rings. The van der Waals surface area contributed by atoms with Gasteiger partial charge in [0.05, 0.1) is 13.2 Å². The Morgan fingerprint density at radius 3 is 2.63 bits per heavy atom. The summed E-state index contributed by atoms with van der Waals surface area (Å²) in [5, 5.41) is 20.7. The molecule has 2 aromatic rings. The van der Waals surface area contributed by atoms with E-state index in [2.05, 4.69) is 42.8 Å². The second kappa shape index (κ2) is 4.36. The number of rotatable bonds is 2. The Hall–Kier alpha value is -1.32. The number of aromatic nitrogens is 1. The summed E-state index contributed by atoms with van der Waals surface area (Å²) < 4.78 is 2.22. The van der Waals surface area contributed by atoms with Crippen LogP contribution in [0.3, 0.4) is 0 Å². The Morgan fingerprint density at radius 1 is 1.26 bits per heavy atom. The number of aryl methyl sites for hydroxylation is 1. The fraction of sp³-hybridized carbons (Fsp3) is 0.500. The van der Waals surface area contributed by atoms with Crippen molar-refractivity contribution < 1.29 is 10.2 Å². The SMILES string of the molecule is CC1CC(CO)(CO)Cc2c1c1ccccc1n2C. The van der Waals surface area contributed by atoms with Crippen molar-refractivity contribution in [2.45, 2.75) is 25.7 Å². The van der Waals surface area contributed by atoms with Crippen molar-refractivity contribution in [2.24, 2.45) is 12.5 Å². The van der Waals surface area contributed by atoms with E-state index in [1.807, 2.05) is 0 Å². The van der Waals surface area contributed by atoms with Gasteiger partial charge in [0.2, 0.25) is 0 Å². The molecule has 102 valence electrons. The average molecular weight is 259 g/mol. The van der Waals surface area contributed by atoms with Gasteiger partial charge in [-0.3, -0.25) is 0 Å². The van der Waals surface area contributed by atoms with E-state index in [-0.39, 0.29) is 18.6 Å². The summed E-state index contributed by atoms with van der Waals surface area (Å²) in [4.78, 5) is 0. The molecule has 1 aliphatic carbocycles. The van der Waals surface area contributed by atoms with E-state index in [0.717, 1.165) is 12.8 Å². The zero-order valence-corrected chi connectivity index (χ0v) is 11.6. The summed E-state index contributed by atoms with van der Waals surface area (Å²) in [5.74, 6) is 0.370. The molecule has 0 amide bonds. The predicted molar refractivity (Wildman–Crippen MR) is 76.3 cm³/mol. The molecule has 0 bridgehead atoms. The molecule has 3 rings (SSSR count). The molecule has 1 unspecified atom stereocenters. The first-order chi connectivity index (χ1) is 9.12. The summed E-state index contributed by atoms with van der Waals surface area (Å²) in [7, 11) is 2.08. The molecule has 1 atom stereocenters. The quantitative estimate of drug-likeness (QED) is 0.868. The molecule has 0 saturated heterocycles. The number of para-hydroxylation sites is 1. The third kappa shape index (κ3) is 1.72. The van der Waals surface area contributed by atoms with Gasteiger partial charge in [-0.1, -0.05) is 25.1 Å². The Balaban J connectivity index is 2.23. The molecule has 1 aromatic heterocycles. The van der Waals surface area contributed by atoms with E-state index in [1.165, 1.54) is 22.2 Å². The van der Waals surface area contributed by atoms with E-state index in [0.29, 0.717) is 5.92 Å². The van der Waals surface area contributed by atoms with E-state index in [1.54, 1.807) is 0 Å². The number of aliphatic hydroxyl groups excluding tert-OH is 2. The molecule has 0 spiro atoms. The van der Waals surface area contributed by atoms with E-state index in [4.69, 9.17) is 0 Å². The monoisotopic (exact) mass is 259 g/mol. The number of hydrogen-bond acceptors (Lipinski definition) is 2. The number of aliphatic hydroxyl groups is 2. The molecule has 3 nitrogen and oxygen atoms in total. The van der Waals surface area contributed by atoms with Crippen molar-refractivity contribution in [3.05, 3.63) is 35.5 Å². The lowest BCUT2D eigenvalue weighted by atomic mass is 9.70. The second-order valence-corrected chi connectivity index (χ2v) is 6.03. The highest BCUT2D eigenvalue weighted by atomic mass is 16.3. The van der Waals surface area contributed by atoms with Crippen molar-refractivity contribution in [3.63, 3.8) is 0 Å². The third-order valence-corrected chi connectivity index (χ3v) is 4.72. The van der Waals surface area contributed by atoms with Crippen LogP contribution in [0.15, 0.2) is 24.3 Å². The highest BCUT2D eigenvalue weighted by molar-refractivity contribution is 5.86. The zero-order valence-electron chi connectivity index (χ0n) is 11.6. The van der Waals surface area contributed by atoms with Gasteiger partial charge in [0, 0.05) is 29.1 Å². The van der Waals surface area contributed by atoms with E-state index < -0.39 is 0 Å². The van der Waals surface area contributed by atoms with Crippen LogP contribution in [0.1, 0.15) is 30.5 Å². The topological polar surface area (TPSA) is 45.4 Å². The highest BCUT2D eigenvalue weighted by Crippen LogP contribution is 2.45. The standard InChI is InChI=1S/C16H21NO2/c1-11-7-16(9-18,10-19)8-14-15(11)12-5-3-4-6-13(12)17(14)2/h3-6,11,18-19H,7-10H2,1-2H3. The molecule has 19 heavy (non-hydrogen) atoms. The maximum atomic E-state index is 9.68. The van der Waals surface area contributed by atoms with Crippen LogP contribution in [-0.2, 0) is 13.5 Å². The second-order valence-electron chi connectivity index (χ2n) is 6.03. The first kappa shape index (κ1) is 12.7. The number of nitrogens with zero attached hydrogens (tertiary/aromatic N) is 1. The summed E-state index contributed by atoms with van der Waals surface area (Å²) in [6.07, 6.45) is 1.60. The Morgan fingerprint density at radius 2 is 1.95 bits per heavy atom. The normalized spacial score (nSPS) is 21.6. The highest BCUT2D eigenvalue weighted by Gasteiger charge is 2.39. The average Bonchev–Trinajstić information content (AvgIpc) is 2.73. The molecular formula is C16H21NO2. The van der Waals surface area contributed by atoms with Crippen molar-refractivity contribution in [1.82, 2.24) is 4.57 Å². The lowest BCUT2D eigenvalue weighted by Crippen LogP contribution is -2.37. The lowest BCUT2D eigenvalue weighted by molar-refractivity contribution is 0.0354. The predicted octanol–water partition coefficient (Wildman–Crippen LogP) is 2.20. The van der Waals surface area contributed by atoms with Crippen LogP contribution in [0.5, 0.6) is 0 Å². The van der Waals surface area contributed by atoms with Crippen molar-refractivity contribution >= 4 is 10.9 Å². The minimum Gasteiger partial charge on any atom is -0.396 e. The summed E-state index contributed by atoms with van der Waals surface area (Å²) in [6.45, 7) is 2.30. The van der Waals surface area contributed by atoms with Crippen molar-refractivity contribution in [2.75, 3.05) is 13.2 Å². The van der Waals surface area contributed by atoms with Crippen LogP contribution in [0.25, 0.3) is 10.9 Å². The van der Waals surface area contributed by atoms with Gasteiger partial charge in [0.1, 0.15) is 0 Å². The molecular weight excluding hydrogens is 238 g/mol. The molecule has 2 N–H and O–H groups in total. The van der Waals surface area contributed by atoms with Crippen molar-refractivity contribution in [3.8, 4) is 0 Å².